The molecule has 1 N–H and O–H groups in total. The molecule has 5 nitrogen and oxygen atoms in total. The Bertz CT molecular complexity index is 1330. The molecule has 7 heteroatoms. The van der Waals surface area contributed by atoms with Crippen molar-refractivity contribution in [2.75, 3.05) is 0 Å². The minimum atomic E-state index is -4.17. The Balaban J connectivity index is 1.77. The van der Waals surface area contributed by atoms with Crippen molar-refractivity contribution in [2.45, 2.75) is 13.5 Å². The molecule has 4 aromatic carbocycles. The van der Waals surface area contributed by atoms with Crippen LogP contribution in [0.15, 0.2) is 109 Å². The van der Waals surface area contributed by atoms with Gasteiger partial charge >= 0.3 is 10.3 Å². The number of hydrogen-bond acceptors (Lipinski definition) is 4. The van der Waals surface area contributed by atoms with Gasteiger partial charge in [0.1, 0.15) is 0 Å². The van der Waals surface area contributed by atoms with Gasteiger partial charge in [0.15, 0.2) is 12.9 Å². The Kier molecular flexibility index (Phi) is 6.80. The highest BCUT2D eigenvalue weighted by molar-refractivity contribution is 7.86. The molecule has 0 spiro atoms. The number of nitrogens with one attached hydrogen (secondary N) is 1. The molecule has 0 aliphatic rings. The number of hydrogen-bond donors (Lipinski definition) is 1. The number of aryl methyl sites for hydroxylation is 1. The van der Waals surface area contributed by atoms with E-state index in [0.717, 1.165) is 11.1 Å². The second-order valence-electron chi connectivity index (χ2n) is 7.60. The van der Waals surface area contributed by atoms with Gasteiger partial charge in [-0.05, 0) is 30.2 Å². The molecule has 0 aromatic heterocycles. The van der Waals surface area contributed by atoms with Gasteiger partial charge in [0.05, 0.1) is 5.30 Å². The second-order valence-corrected chi connectivity index (χ2v) is 11.7. The Morgan fingerprint density at radius 1 is 0.758 bits per heavy atom. The zero-order valence-electron chi connectivity index (χ0n) is 18.1. The van der Waals surface area contributed by atoms with Gasteiger partial charge in [-0.2, -0.15) is 13.1 Å². The molecule has 0 bridgehead atoms. The Morgan fingerprint density at radius 3 is 1.82 bits per heavy atom. The van der Waals surface area contributed by atoms with Crippen molar-refractivity contribution in [2.24, 2.45) is 0 Å². The average Bonchev–Trinajstić information content (AvgIpc) is 2.84. The quantitative estimate of drug-likeness (QED) is 0.389. The standard InChI is InChI=1S/C26H24NO4PS/c1-21-17-18-26(25(19-21)31-33(29,30)27-20-22-11-5-2-6-12-22)32(28,23-13-7-3-8-14-23)24-15-9-4-10-16-24/h2-19,27H,20H2,1H3. The highest BCUT2D eigenvalue weighted by Crippen LogP contribution is 2.45. The van der Waals surface area contributed by atoms with Crippen molar-refractivity contribution < 1.29 is 17.2 Å². The van der Waals surface area contributed by atoms with E-state index in [2.05, 4.69) is 4.72 Å². The third-order valence-electron chi connectivity index (χ3n) is 5.19. The van der Waals surface area contributed by atoms with Crippen LogP contribution in [0, 0.1) is 6.92 Å². The molecule has 33 heavy (non-hydrogen) atoms. The van der Waals surface area contributed by atoms with Gasteiger partial charge < -0.3 is 8.75 Å². The maximum Gasteiger partial charge on any atom is 0.382 e. The summed E-state index contributed by atoms with van der Waals surface area (Å²) in [5.41, 5.74) is 1.59. The van der Waals surface area contributed by atoms with Gasteiger partial charge in [0.2, 0.25) is 0 Å². The highest BCUT2D eigenvalue weighted by Gasteiger charge is 2.34. The first-order valence-electron chi connectivity index (χ1n) is 10.4. The predicted molar refractivity (Wildman–Crippen MR) is 133 cm³/mol. The average molecular weight is 478 g/mol. The van der Waals surface area contributed by atoms with Crippen molar-refractivity contribution in [1.29, 1.82) is 0 Å². The Labute approximate surface area is 194 Å². The third-order valence-corrected chi connectivity index (χ3v) is 9.19. The first-order valence-corrected chi connectivity index (χ1v) is 13.6. The molecule has 0 unspecified atom stereocenters. The molecule has 0 atom stereocenters. The lowest BCUT2D eigenvalue weighted by molar-refractivity contribution is 0.472. The van der Waals surface area contributed by atoms with Crippen LogP contribution in [-0.4, -0.2) is 8.42 Å². The van der Waals surface area contributed by atoms with Crippen molar-refractivity contribution in [3.63, 3.8) is 0 Å². The van der Waals surface area contributed by atoms with Gasteiger partial charge in [0.25, 0.3) is 0 Å². The van der Waals surface area contributed by atoms with E-state index < -0.39 is 17.4 Å². The van der Waals surface area contributed by atoms with E-state index in [1.165, 1.54) is 0 Å². The molecule has 0 saturated carbocycles. The molecule has 0 fully saturated rings. The van der Waals surface area contributed by atoms with E-state index >= 15 is 0 Å². The summed E-state index contributed by atoms with van der Waals surface area (Å²) >= 11 is 0. The highest BCUT2D eigenvalue weighted by atomic mass is 32.2. The summed E-state index contributed by atoms with van der Waals surface area (Å²) in [5.74, 6) is 0.0478. The van der Waals surface area contributed by atoms with Crippen molar-refractivity contribution in [1.82, 2.24) is 4.72 Å². The minimum Gasteiger partial charge on any atom is -0.370 e. The molecule has 4 rings (SSSR count). The number of benzene rings is 4. The summed E-state index contributed by atoms with van der Waals surface area (Å²) in [6.45, 7) is 1.91. The van der Waals surface area contributed by atoms with Crippen molar-refractivity contribution >= 4 is 33.4 Å². The molecule has 0 amide bonds. The molecule has 0 aliphatic carbocycles. The van der Waals surface area contributed by atoms with E-state index in [4.69, 9.17) is 4.18 Å². The van der Waals surface area contributed by atoms with Crippen molar-refractivity contribution in [3.05, 3.63) is 120 Å². The molecule has 0 saturated heterocycles. The van der Waals surface area contributed by atoms with Gasteiger partial charge in [-0.1, -0.05) is 97.1 Å². The zero-order valence-corrected chi connectivity index (χ0v) is 19.8. The van der Waals surface area contributed by atoms with Crippen LogP contribution in [0.5, 0.6) is 5.75 Å². The summed E-state index contributed by atoms with van der Waals surface area (Å²) in [4.78, 5) is 0. The van der Waals surface area contributed by atoms with Crippen LogP contribution in [-0.2, 0) is 21.4 Å². The minimum absolute atomic E-state index is 0.0478. The summed E-state index contributed by atoms with van der Waals surface area (Å²) in [6, 6.07) is 32.4. The first kappa shape index (κ1) is 23.0. The summed E-state index contributed by atoms with van der Waals surface area (Å²) in [5, 5.41) is 1.52. The fourth-order valence-corrected chi connectivity index (χ4v) is 7.15. The van der Waals surface area contributed by atoms with E-state index in [0.29, 0.717) is 15.9 Å². The Morgan fingerprint density at radius 2 is 1.27 bits per heavy atom. The van der Waals surface area contributed by atoms with E-state index in [-0.39, 0.29) is 12.3 Å². The van der Waals surface area contributed by atoms with Crippen LogP contribution in [0.4, 0.5) is 0 Å². The lowest BCUT2D eigenvalue weighted by atomic mass is 10.2. The van der Waals surface area contributed by atoms with Gasteiger partial charge in [-0.15, -0.1) is 0 Å². The van der Waals surface area contributed by atoms with Crippen LogP contribution in [0.2, 0.25) is 0 Å². The van der Waals surface area contributed by atoms with Gasteiger partial charge in [-0.25, -0.2) is 0 Å². The first-order chi connectivity index (χ1) is 15.9. The fraction of sp³-hybridized carbons (Fsp3) is 0.0769. The Hall–Kier alpha value is -3.18. The van der Waals surface area contributed by atoms with Crippen LogP contribution in [0.1, 0.15) is 11.1 Å². The molecule has 4 aromatic rings. The smallest absolute Gasteiger partial charge is 0.370 e. The second kappa shape index (κ2) is 9.75. The lowest BCUT2D eigenvalue weighted by Crippen LogP contribution is -2.31. The lowest BCUT2D eigenvalue weighted by Gasteiger charge is -2.22. The normalized spacial score (nSPS) is 11.8. The maximum atomic E-state index is 14.7. The summed E-state index contributed by atoms with van der Waals surface area (Å²) < 4.78 is 48.3. The molecule has 0 aliphatic heterocycles. The van der Waals surface area contributed by atoms with Crippen LogP contribution < -0.4 is 24.8 Å². The van der Waals surface area contributed by atoms with Gasteiger partial charge in [0, 0.05) is 17.2 Å². The van der Waals surface area contributed by atoms with Crippen molar-refractivity contribution in [3.8, 4) is 5.75 Å². The topological polar surface area (TPSA) is 72.5 Å². The number of rotatable bonds is 8. The SMILES string of the molecule is Cc1ccc(P(=O)(c2ccccc2)c2ccccc2)c(OS(=O)(=O)NCc2ccccc2)c1. The molecule has 168 valence electrons. The largest absolute Gasteiger partial charge is 0.382 e. The summed E-state index contributed by atoms with van der Waals surface area (Å²) in [6.07, 6.45) is 0. The third kappa shape index (κ3) is 5.25. The zero-order chi connectivity index (χ0) is 23.3. The van der Waals surface area contributed by atoms with Gasteiger partial charge in [-0.3, -0.25) is 0 Å². The molecule has 0 heterocycles. The summed E-state index contributed by atoms with van der Waals surface area (Å²) in [7, 11) is -7.58. The molecule has 0 radical (unpaired) electrons. The van der Waals surface area contributed by atoms with E-state index in [1.807, 2.05) is 79.7 Å². The molecular weight excluding hydrogens is 453 g/mol. The fourth-order valence-electron chi connectivity index (χ4n) is 3.57. The van der Waals surface area contributed by atoms with Crippen LogP contribution in [0.25, 0.3) is 0 Å². The maximum absolute atomic E-state index is 14.7. The molecular formula is C26H24NO4PS. The monoisotopic (exact) mass is 477 g/mol. The van der Waals surface area contributed by atoms with E-state index in [1.54, 1.807) is 36.4 Å². The van der Waals surface area contributed by atoms with Crippen LogP contribution >= 0.6 is 7.14 Å². The van der Waals surface area contributed by atoms with Crippen LogP contribution in [0.3, 0.4) is 0 Å². The van der Waals surface area contributed by atoms with E-state index in [9.17, 15) is 13.0 Å². The predicted octanol–water partition coefficient (Wildman–Crippen LogP) is 4.05.